The Bertz CT molecular complexity index is 820. The first-order valence-electron chi connectivity index (χ1n) is 8.15. The van der Waals surface area contributed by atoms with Crippen molar-refractivity contribution in [1.29, 1.82) is 0 Å². The van der Waals surface area contributed by atoms with E-state index < -0.39 is 0 Å². The summed E-state index contributed by atoms with van der Waals surface area (Å²) >= 11 is 3.37. The van der Waals surface area contributed by atoms with Crippen LogP contribution in [0, 0.1) is 0 Å². The highest BCUT2D eigenvalue weighted by Gasteiger charge is 2.27. The van der Waals surface area contributed by atoms with Crippen molar-refractivity contribution in [2.24, 2.45) is 0 Å². The number of benzene rings is 1. The smallest absolute Gasteiger partial charge is 0.261 e. The van der Waals surface area contributed by atoms with Gasteiger partial charge in [-0.05, 0) is 32.0 Å². The molecule has 0 bridgehead atoms. The van der Waals surface area contributed by atoms with E-state index in [4.69, 9.17) is 0 Å². The monoisotopic (exact) mass is 392 g/mol. The Labute approximate surface area is 149 Å². The van der Waals surface area contributed by atoms with Gasteiger partial charge in [-0.1, -0.05) is 15.9 Å². The van der Waals surface area contributed by atoms with E-state index in [0.29, 0.717) is 30.4 Å². The number of rotatable bonds is 3. The van der Waals surface area contributed by atoms with E-state index in [2.05, 4.69) is 40.1 Å². The number of carbonyl (C=O) groups is 1. The number of nitrogens with one attached hydrogen (secondary N) is 1. The van der Waals surface area contributed by atoms with Crippen molar-refractivity contribution in [2.75, 3.05) is 13.1 Å². The predicted molar refractivity (Wildman–Crippen MR) is 97.0 cm³/mol. The normalized spacial score (nSPS) is 21.2. The number of aromatic nitrogens is 2. The van der Waals surface area contributed by atoms with Crippen LogP contribution in [0.4, 0.5) is 0 Å². The maximum Gasteiger partial charge on any atom is 0.261 e. The van der Waals surface area contributed by atoms with Crippen molar-refractivity contribution in [2.45, 2.75) is 38.9 Å². The van der Waals surface area contributed by atoms with Crippen LogP contribution in [0.3, 0.4) is 0 Å². The molecule has 24 heavy (non-hydrogen) atoms. The maximum absolute atomic E-state index is 12.6. The summed E-state index contributed by atoms with van der Waals surface area (Å²) in [7, 11) is 0. The van der Waals surface area contributed by atoms with E-state index in [1.54, 1.807) is 12.1 Å². The van der Waals surface area contributed by atoms with Gasteiger partial charge in [-0.25, -0.2) is 4.98 Å². The van der Waals surface area contributed by atoms with Gasteiger partial charge in [0.1, 0.15) is 0 Å². The first kappa shape index (κ1) is 17.1. The van der Waals surface area contributed by atoms with E-state index in [9.17, 15) is 9.59 Å². The molecule has 6 nitrogen and oxygen atoms in total. The van der Waals surface area contributed by atoms with Crippen LogP contribution in [0.2, 0.25) is 0 Å². The number of hydrogen-bond donors (Lipinski definition) is 1. The number of fused-ring (bicyclic) bond motifs is 1. The molecule has 1 aliphatic heterocycles. The van der Waals surface area contributed by atoms with Gasteiger partial charge in [0.2, 0.25) is 5.91 Å². The lowest BCUT2D eigenvalue weighted by atomic mass is 10.1. The van der Waals surface area contributed by atoms with Crippen LogP contribution >= 0.6 is 15.9 Å². The first-order chi connectivity index (χ1) is 11.5. The molecule has 0 spiro atoms. The Morgan fingerprint density at radius 3 is 3.00 bits per heavy atom. The molecular formula is C17H21BrN4O2. The number of halogens is 1. The standard InChI is InChI=1S/C17H21BrN4O2/c1-11-12(2)22(8-6-19-11)16(23)5-7-21-10-20-15-4-3-13(18)9-14(15)17(21)24/h3-4,9-12,19H,5-8H2,1-2H3. The molecule has 1 saturated heterocycles. The van der Waals surface area contributed by atoms with Crippen LogP contribution in [0.1, 0.15) is 20.3 Å². The van der Waals surface area contributed by atoms with E-state index in [1.165, 1.54) is 10.9 Å². The minimum absolute atomic E-state index is 0.0806. The van der Waals surface area contributed by atoms with Crippen LogP contribution in [0.25, 0.3) is 10.9 Å². The molecule has 2 atom stereocenters. The zero-order chi connectivity index (χ0) is 17.3. The second kappa shape index (κ2) is 7.03. The van der Waals surface area contributed by atoms with Gasteiger partial charge in [-0.15, -0.1) is 0 Å². The summed E-state index contributed by atoms with van der Waals surface area (Å²) in [5.41, 5.74) is 0.547. The van der Waals surface area contributed by atoms with E-state index >= 15 is 0 Å². The van der Waals surface area contributed by atoms with Gasteiger partial charge in [-0.3, -0.25) is 14.2 Å². The van der Waals surface area contributed by atoms with Gasteiger partial charge in [-0.2, -0.15) is 0 Å². The second-order valence-electron chi connectivity index (χ2n) is 6.23. The molecule has 3 rings (SSSR count). The molecule has 128 valence electrons. The molecule has 1 fully saturated rings. The zero-order valence-corrected chi connectivity index (χ0v) is 15.4. The molecule has 1 aliphatic rings. The van der Waals surface area contributed by atoms with E-state index in [1.807, 2.05) is 11.0 Å². The van der Waals surface area contributed by atoms with Crippen molar-refractivity contribution in [1.82, 2.24) is 19.8 Å². The van der Waals surface area contributed by atoms with Gasteiger partial charge in [0.15, 0.2) is 0 Å². The molecule has 1 N–H and O–H groups in total. The Morgan fingerprint density at radius 1 is 1.42 bits per heavy atom. The zero-order valence-electron chi connectivity index (χ0n) is 13.8. The number of carbonyl (C=O) groups excluding carboxylic acids is 1. The minimum Gasteiger partial charge on any atom is -0.337 e. The number of nitrogens with zero attached hydrogens (tertiary/aromatic N) is 3. The average Bonchev–Trinajstić information content (AvgIpc) is 2.57. The maximum atomic E-state index is 12.6. The molecule has 0 radical (unpaired) electrons. The average molecular weight is 393 g/mol. The van der Waals surface area contributed by atoms with Crippen LogP contribution in [-0.2, 0) is 11.3 Å². The van der Waals surface area contributed by atoms with Crippen molar-refractivity contribution < 1.29 is 4.79 Å². The van der Waals surface area contributed by atoms with Crippen molar-refractivity contribution in [3.63, 3.8) is 0 Å². The fourth-order valence-electron chi connectivity index (χ4n) is 3.06. The number of aryl methyl sites for hydroxylation is 1. The van der Waals surface area contributed by atoms with Gasteiger partial charge in [0.05, 0.1) is 17.2 Å². The van der Waals surface area contributed by atoms with Crippen LogP contribution in [0.5, 0.6) is 0 Å². The third-order valence-corrected chi connectivity index (χ3v) is 5.20. The summed E-state index contributed by atoms with van der Waals surface area (Å²) in [6, 6.07) is 5.87. The highest BCUT2D eigenvalue weighted by molar-refractivity contribution is 9.10. The fraction of sp³-hybridized carbons (Fsp3) is 0.471. The minimum atomic E-state index is -0.115. The van der Waals surface area contributed by atoms with E-state index in [-0.39, 0.29) is 23.6 Å². The lowest BCUT2D eigenvalue weighted by Crippen LogP contribution is -2.57. The predicted octanol–water partition coefficient (Wildman–Crippen LogP) is 1.76. The first-order valence-corrected chi connectivity index (χ1v) is 8.94. The Morgan fingerprint density at radius 2 is 2.21 bits per heavy atom. The summed E-state index contributed by atoms with van der Waals surface area (Å²) in [4.78, 5) is 31.3. The highest BCUT2D eigenvalue weighted by atomic mass is 79.9. The topological polar surface area (TPSA) is 67.2 Å². The van der Waals surface area contributed by atoms with Gasteiger partial charge >= 0.3 is 0 Å². The third kappa shape index (κ3) is 3.37. The molecular weight excluding hydrogens is 372 g/mol. The van der Waals surface area contributed by atoms with Crippen LogP contribution in [-0.4, -0.2) is 45.5 Å². The van der Waals surface area contributed by atoms with E-state index in [0.717, 1.165) is 11.0 Å². The van der Waals surface area contributed by atoms with Crippen molar-refractivity contribution >= 4 is 32.7 Å². The SMILES string of the molecule is CC1NCCN(C(=O)CCn2cnc3ccc(Br)cc3c2=O)C1C. The molecule has 0 aliphatic carbocycles. The highest BCUT2D eigenvalue weighted by Crippen LogP contribution is 2.15. The quantitative estimate of drug-likeness (QED) is 0.863. The summed E-state index contributed by atoms with van der Waals surface area (Å²) in [5, 5.41) is 3.92. The van der Waals surface area contributed by atoms with Gasteiger partial charge in [0.25, 0.3) is 5.56 Å². The molecule has 1 amide bonds. The molecule has 0 saturated carbocycles. The Kier molecular flexibility index (Phi) is 5.01. The molecule has 1 aromatic carbocycles. The number of hydrogen-bond acceptors (Lipinski definition) is 4. The summed E-state index contributed by atoms with van der Waals surface area (Å²) < 4.78 is 2.36. The lowest BCUT2D eigenvalue weighted by molar-refractivity contribution is -0.135. The molecule has 2 aromatic rings. The largest absolute Gasteiger partial charge is 0.337 e. The summed E-state index contributed by atoms with van der Waals surface area (Å²) in [5.74, 6) is 0.0806. The fourth-order valence-corrected chi connectivity index (χ4v) is 3.42. The molecule has 7 heteroatoms. The van der Waals surface area contributed by atoms with Crippen LogP contribution < -0.4 is 10.9 Å². The Hall–Kier alpha value is -1.73. The molecule has 2 unspecified atom stereocenters. The number of amides is 1. The number of piperazine rings is 1. The second-order valence-corrected chi connectivity index (χ2v) is 7.14. The van der Waals surface area contributed by atoms with Crippen molar-refractivity contribution in [3.05, 3.63) is 39.4 Å². The van der Waals surface area contributed by atoms with Crippen molar-refractivity contribution in [3.8, 4) is 0 Å². The lowest BCUT2D eigenvalue weighted by Gasteiger charge is -2.38. The molecule has 2 heterocycles. The van der Waals surface area contributed by atoms with Gasteiger partial charge in [0, 0.05) is 42.6 Å². The van der Waals surface area contributed by atoms with Crippen LogP contribution in [0.15, 0.2) is 33.8 Å². The van der Waals surface area contributed by atoms with Gasteiger partial charge < -0.3 is 10.2 Å². The summed E-state index contributed by atoms with van der Waals surface area (Å²) in [6.07, 6.45) is 1.83. The summed E-state index contributed by atoms with van der Waals surface area (Å²) in [6.45, 7) is 6.00. The third-order valence-electron chi connectivity index (χ3n) is 4.71. The Balaban J connectivity index is 1.75. The molecule has 1 aromatic heterocycles.